The highest BCUT2D eigenvalue weighted by Gasteiger charge is 2.09. The zero-order valence-electron chi connectivity index (χ0n) is 9.28. The third kappa shape index (κ3) is 2.94. The Morgan fingerprint density at radius 1 is 1.41 bits per heavy atom. The van der Waals surface area contributed by atoms with Crippen LogP contribution in [-0.4, -0.2) is 7.05 Å². The molecule has 0 fully saturated rings. The van der Waals surface area contributed by atoms with E-state index in [1.807, 2.05) is 19.2 Å². The number of hydrogen-bond acceptors (Lipinski definition) is 3. The van der Waals surface area contributed by atoms with E-state index >= 15 is 0 Å². The fraction of sp³-hybridized carbons (Fsp3) is 0.167. The first-order valence-electron chi connectivity index (χ1n) is 5.06. The second-order valence-corrected chi connectivity index (χ2v) is 6.04. The number of nitrogens with zero attached hydrogens (tertiary/aromatic N) is 1. The van der Waals surface area contributed by atoms with Crippen LogP contribution < -0.4 is 10.6 Å². The summed E-state index contributed by atoms with van der Waals surface area (Å²) in [4.78, 5) is 3.37. The van der Waals surface area contributed by atoms with E-state index in [0.29, 0.717) is 5.02 Å². The average molecular weight is 332 g/mol. The average Bonchev–Trinajstić information content (AvgIpc) is 2.68. The second-order valence-electron chi connectivity index (χ2n) is 3.75. The molecule has 1 aromatic carbocycles. The minimum Gasteiger partial charge on any atom is -0.397 e. The summed E-state index contributed by atoms with van der Waals surface area (Å²) in [7, 11) is 2.01. The second kappa shape index (κ2) is 5.29. The smallest absolute Gasteiger partial charge is 0.0615 e. The van der Waals surface area contributed by atoms with Crippen LogP contribution in [0.25, 0.3) is 0 Å². The topological polar surface area (TPSA) is 29.3 Å². The zero-order valence-corrected chi connectivity index (χ0v) is 12.4. The molecular weight excluding hydrogens is 320 g/mol. The Morgan fingerprint density at radius 2 is 2.18 bits per heavy atom. The predicted octanol–water partition coefficient (Wildman–Crippen LogP) is 4.38. The first kappa shape index (κ1) is 12.7. The number of nitrogen functional groups attached to an aromatic ring is 1. The fourth-order valence-corrected chi connectivity index (χ4v) is 3.28. The molecule has 0 unspecified atom stereocenters. The van der Waals surface area contributed by atoms with E-state index < -0.39 is 0 Å². The van der Waals surface area contributed by atoms with Gasteiger partial charge in [-0.25, -0.2) is 0 Å². The molecule has 0 aliphatic carbocycles. The largest absolute Gasteiger partial charge is 0.397 e. The highest BCUT2D eigenvalue weighted by molar-refractivity contribution is 9.10. The summed E-state index contributed by atoms with van der Waals surface area (Å²) >= 11 is 11.2. The van der Waals surface area contributed by atoms with E-state index in [1.54, 1.807) is 17.4 Å². The van der Waals surface area contributed by atoms with Gasteiger partial charge in [-0.15, -0.1) is 11.3 Å². The lowest BCUT2D eigenvalue weighted by molar-refractivity contribution is 0.938. The van der Waals surface area contributed by atoms with E-state index in [1.165, 1.54) is 4.88 Å². The molecule has 1 aromatic heterocycles. The van der Waals surface area contributed by atoms with Crippen LogP contribution in [-0.2, 0) is 6.54 Å². The van der Waals surface area contributed by atoms with Crippen molar-refractivity contribution in [3.63, 3.8) is 0 Å². The van der Waals surface area contributed by atoms with Crippen molar-refractivity contribution in [3.8, 4) is 0 Å². The van der Waals surface area contributed by atoms with Crippen molar-refractivity contribution in [2.45, 2.75) is 6.54 Å². The van der Waals surface area contributed by atoms with Crippen molar-refractivity contribution in [1.29, 1.82) is 0 Å². The molecule has 0 radical (unpaired) electrons. The monoisotopic (exact) mass is 330 g/mol. The Balaban J connectivity index is 2.23. The van der Waals surface area contributed by atoms with Gasteiger partial charge in [0.25, 0.3) is 0 Å². The predicted molar refractivity (Wildman–Crippen MR) is 80.0 cm³/mol. The molecule has 1 heterocycles. The Bertz CT molecular complexity index is 527. The van der Waals surface area contributed by atoms with Crippen molar-refractivity contribution in [1.82, 2.24) is 0 Å². The highest BCUT2D eigenvalue weighted by Crippen LogP contribution is 2.30. The quantitative estimate of drug-likeness (QED) is 0.846. The van der Waals surface area contributed by atoms with E-state index in [-0.39, 0.29) is 0 Å². The maximum absolute atomic E-state index is 5.99. The van der Waals surface area contributed by atoms with E-state index in [2.05, 4.69) is 32.3 Å². The van der Waals surface area contributed by atoms with Crippen LogP contribution >= 0.6 is 38.9 Å². The van der Waals surface area contributed by atoms with Crippen molar-refractivity contribution in [2.75, 3.05) is 17.7 Å². The Labute approximate surface area is 118 Å². The SMILES string of the molecule is CN(Cc1sccc1Br)c1cc(Cl)ccc1N. The van der Waals surface area contributed by atoms with Gasteiger partial charge in [-0.3, -0.25) is 0 Å². The number of thiophene rings is 1. The zero-order chi connectivity index (χ0) is 12.4. The van der Waals surface area contributed by atoms with Crippen molar-refractivity contribution in [2.24, 2.45) is 0 Å². The Hall–Kier alpha value is -0.710. The lowest BCUT2D eigenvalue weighted by Gasteiger charge is -2.20. The van der Waals surface area contributed by atoms with E-state index in [0.717, 1.165) is 22.4 Å². The fourth-order valence-electron chi connectivity index (χ4n) is 1.59. The van der Waals surface area contributed by atoms with Gasteiger partial charge in [0, 0.05) is 21.4 Å². The van der Waals surface area contributed by atoms with Crippen molar-refractivity contribution < 1.29 is 0 Å². The van der Waals surface area contributed by atoms with Crippen molar-refractivity contribution >= 4 is 50.2 Å². The molecule has 17 heavy (non-hydrogen) atoms. The minimum atomic E-state index is 0.700. The van der Waals surface area contributed by atoms with Crippen LogP contribution in [0.3, 0.4) is 0 Å². The first-order chi connectivity index (χ1) is 8.08. The molecule has 0 amide bonds. The maximum Gasteiger partial charge on any atom is 0.0615 e. The number of hydrogen-bond donors (Lipinski definition) is 1. The standard InChI is InChI=1S/C12H12BrClN2S/c1-16(7-12-9(13)4-5-17-12)11-6-8(14)2-3-10(11)15/h2-6H,7,15H2,1H3. The molecule has 2 rings (SSSR count). The van der Waals surface area contributed by atoms with Gasteiger partial charge in [0.1, 0.15) is 0 Å². The van der Waals surface area contributed by atoms with Gasteiger partial charge in [-0.1, -0.05) is 11.6 Å². The lowest BCUT2D eigenvalue weighted by Crippen LogP contribution is -2.17. The maximum atomic E-state index is 5.99. The summed E-state index contributed by atoms with van der Waals surface area (Å²) in [6.07, 6.45) is 0. The molecule has 0 aliphatic heterocycles. The van der Waals surface area contributed by atoms with Gasteiger partial charge < -0.3 is 10.6 Å². The number of nitrogens with two attached hydrogens (primary N) is 1. The number of anilines is 2. The van der Waals surface area contributed by atoms with Crippen LogP contribution in [0.1, 0.15) is 4.88 Å². The summed E-state index contributed by atoms with van der Waals surface area (Å²) in [5, 5.41) is 2.76. The number of rotatable bonds is 3. The van der Waals surface area contributed by atoms with Gasteiger partial charge in [-0.05, 0) is 45.6 Å². The minimum absolute atomic E-state index is 0.700. The molecule has 0 spiro atoms. The molecule has 90 valence electrons. The van der Waals surface area contributed by atoms with Gasteiger partial charge in [0.05, 0.1) is 17.9 Å². The molecule has 2 N–H and O–H groups in total. The number of halogens is 2. The molecule has 0 bridgehead atoms. The summed E-state index contributed by atoms with van der Waals surface area (Å²) in [5.41, 5.74) is 7.65. The molecular formula is C12H12BrClN2S. The molecule has 2 nitrogen and oxygen atoms in total. The van der Waals surface area contributed by atoms with Gasteiger partial charge in [0.15, 0.2) is 0 Å². The summed E-state index contributed by atoms with van der Waals surface area (Å²) < 4.78 is 1.13. The van der Waals surface area contributed by atoms with Crippen LogP contribution in [0.2, 0.25) is 5.02 Å². The van der Waals surface area contributed by atoms with Crippen LogP contribution in [0.4, 0.5) is 11.4 Å². The molecule has 0 atom stereocenters. The lowest BCUT2D eigenvalue weighted by atomic mass is 10.2. The number of benzene rings is 1. The van der Waals surface area contributed by atoms with Crippen LogP contribution in [0.15, 0.2) is 34.1 Å². The van der Waals surface area contributed by atoms with Crippen LogP contribution in [0.5, 0.6) is 0 Å². The normalized spacial score (nSPS) is 10.5. The summed E-state index contributed by atoms with van der Waals surface area (Å²) in [5.74, 6) is 0. The molecule has 0 saturated heterocycles. The molecule has 0 aliphatic rings. The third-order valence-electron chi connectivity index (χ3n) is 2.48. The molecule has 2 aromatic rings. The van der Waals surface area contributed by atoms with Gasteiger partial charge in [-0.2, -0.15) is 0 Å². The summed E-state index contributed by atoms with van der Waals surface area (Å²) in [6, 6.07) is 7.57. The van der Waals surface area contributed by atoms with E-state index in [4.69, 9.17) is 17.3 Å². The third-order valence-corrected chi connectivity index (χ3v) is 4.62. The highest BCUT2D eigenvalue weighted by atomic mass is 79.9. The van der Waals surface area contributed by atoms with Crippen LogP contribution in [0, 0.1) is 0 Å². The summed E-state index contributed by atoms with van der Waals surface area (Å²) in [6.45, 7) is 0.808. The molecule has 5 heteroatoms. The molecule has 0 saturated carbocycles. The van der Waals surface area contributed by atoms with Gasteiger partial charge in [0.2, 0.25) is 0 Å². The first-order valence-corrected chi connectivity index (χ1v) is 7.11. The van der Waals surface area contributed by atoms with Gasteiger partial charge >= 0.3 is 0 Å². The van der Waals surface area contributed by atoms with Crippen molar-refractivity contribution in [3.05, 3.63) is 44.0 Å². The van der Waals surface area contributed by atoms with E-state index in [9.17, 15) is 0 Å². The Morgan fingerprint density at radius 3 is 2.82 bits per heavy atom. The Kier molecular flexibility index (Phi) is 3.97.